The highest BCUT2D eigenvalue weighted by atomic mass is 32.2. The number of β-lactam (4-membered cyclic amide) rings is 1. The van der Waals surface area contributed by atoms with Crippen molar-refractivity contribution < 1.29 is 55.5 Å². The average Bonchev–Trinajstić information content (AvgIpc) is 3.54. The van der Waals surface area contributed by atoms with E-state index in [1.807, 2.05) is 24.4 Å². The lowest BCUT2D eigenvalue weighted by atomic mass is 9.94. The fraction of sp³-hybridized carbons (Fsp3) is 0.273. The van der Waals surface area contributed by atoms with Gasteiger partial charge in [-0.2, -0.15) is 13.2 Å². The van der Waals surface area contributed by atoms with Crippen molar-refractivity contribution in [3.05, 3.63) is 50.9 Å². The third kappa shape index (κ3) is 6.90. The summed E-state index contributed by atoms with van der Waals surface area (Å²) in [5.74, 6) is -1.88. The number of halogens is 3. The number of hydrogen-bond donors (Lipinski definition) is 3. The zero-order valence-electron chi connectivity index (χ0n) is 21.4. The standard InChI is InChI=1S/C21H18N6O5S3.CHF3O3S/c1-32-26-14(11-7-34-21(22)24-11)17(28)25-15-12-8-33-13(16(20(30)31)27(12)19(15)29)6-10-5-9-3-2-4-23-18(9)35-10;2-1(3,4)8(5,6)7/h2-5,7,12,15H,6,8H2,1H3,(H2,22,24)(H,25,28)(H,30,31);(H,5,6,7). The van der Waals surface area contributed by atoms with Crippen molar-refractivity contribution in [3.8, 4) is 0 Å². The molecule has 0 bridgehead atoms. The molecule has 3 aromatic rings. The number of hydrogen-bond acceptors (Lipinski definition) is 13. The second-order valence-electron chi connectivity index (χ2n) is 8.55. The highest BCUT2D eigenvalue weighted by Gasteiger charge is 2.54. The number of amides is 2. The molecule has 2 aliphatic rings. The van der Waals surface area contributed by atoms with Crippen molar-refractivity contribution in [2.24, 2.45) is 5.16 Å². The van der Waals surface area contributed by atoms with E-state index in [-0.39, 0.29) is 22.2 Å². The van der Waals surface area contributed by atoms with Gasteiger partial charge in [-0.1, -0.05) is 16.5 Å². The number of carbonyl (C=O) groups is 3. The number of H-pyrrole nitrogens is 1. The zero-order chi connectivity index (χ0) is 31.7. The molecule has 5 N–H and O–H groups in total. The van der Waals surface area contributed by atoms with E-state index in [0.29, 0.717) is 17.1 Å². The van der Waals surface area contributed by atoms with Crippen molar-refractivity contribution >= 4 is 83.4 Å². The number of aromatic nitrogens is 2. The Kier molecular flexibility index (Phi) is 9.30. The Morgan fingerprint density at radius 1 is 1.40 bits per heavy atom. The summed E-state index contributed by atoms with van der Waals surface area (Å²) >= 11 is 4.07. The van der Waals surface area contributed by atoms with E-state index in [9.17, 15) is 32.7 Å². The number of aromatic amines is 1. The number of rotatable bonds is 7. The van der Waals surface area contributed by atoms with Gasteiger partial charge >= 0.3 is 11.5 Å². The number of aliphatic carboxylic acids is 1. The van der Waals surface area contributed by atoms with Crippen LogP contribution < -0.4 is 16.0 Å². The summed E-state index contributed by atoms with van der Waals surface area (Å²) in [6.45, 7) is 0. The molecule has 14 nitrogen and oxygen atoms in total. The first kappa shape index (κ1) is 32.1. The fourth-order valence-corrected chi connectivity index (χ4v) is 6.98. The molecule has 1 fully saturated rings. The number of alkyl halides is 3. The number of nitrogens with one attached hydrogen (secondary N) is 2. The molecule has 2 unspecified atom stereocenters. The topological polar surface area (TPSA) is 219 Å². The Labute approximate surface area is 252 Å². The normalized spacial score (nSPS) is 18.9. The van der Waals surface area contributed by atoms with Crippen molar-refractivity contribution in [2.45, 2.75) is 24.0 Å². The van der Waals surface area contributed by atoms with Crippen LogP contribution in [0.3, 0.4) is 0 Å². The molecule has 0 saturated carbocycles. The molecular formula is C22H19F3N6O8S4. The predicted molar refractivity (Wildman–Crippen MR) is 148 cm³/mol. The number of nitrogens with zero attached hydrogens (tertiary/aromatic N) is 3. The maximum absolute atomic E-state index is 13.0. The van der Waals surface area contributed by atoms with E-state index >= 15 is 0 Å². The molecular weight excluding hydrogens is 662 g/mol. The van der Waals surface area contributed by atoms with Crippen molar-refractivity contribution in [3.63, 3.8) is 0 Å². The lowest BCUT2D eigenvalue weighted by Crippen LogP contribution is -2.73. The number of carboxylic acids is 1. The van der Waals surface area contributed by atoms with E-state index in [1.54, 1.807) is 16.7 Å². The van der Waals surface area contributed by atoms with Crippen molar-refractivity contribution in [2.75, 3.05) is 18.6 Å². The molecule has 2 atom stereocenters. The summed E-state index contributed by atoms with van der Waals surface area (Å²) in [6.07, 6.45) is 2.24. The maximum Gasteiger partial charge on any atom is 0.485 e. The van der Waals surface area contributed by atoms with Crippen LogP contribution in [0.25, 0.3) is 10.2 Å². The van der Waals surface area contributed by atoms with Gasteiger partial charge in [0, 0.05) is 33.4 Å². The van der Waals surface area contributed by atoms with Gasteiger partial charge in [-0.15, -0.1) is 23.1 Å². The van der Waals surface area contributed by atoms with Crippen molar-refractivity contribution in [1.29, 1.82) is 0 Å². The number of pyridine rings is 1. The molecule has 0 aromatic carbocycles. The number of thiazole rings is 1. The van der Waals surface area contributed by atoms with E-state index < -0.39 is 45.5 Å². The van der Waals surface area contributed by atoms with Gasteiger partial charge in [0.05, 0.1) is 11.4 Å². The highest BCUT2D eigenvalue weighted by molar-refractivity contribution is 8.03. The molecule has 1 saturated heterocycles. The van der Waals surface area contributed by atoms with Crippen LogP contribution in [-0.2, 0) is 35.8 Å². The monoisotopic (exact) mass is 680 g/mol. The van der Waals surface area contributed by atoms with Crippen LogP contribution in [0.1, 0.15) is 10.6 Å². The highest BCUT2D eigenvalue weighted by Crippen LogP contribution is 2.41. The summed E-state index contributed by atoms with van der Waals surface area (Å²) in [5, 5.41) is 19.2. The van der Waals surface area contributed by atoms with E-state index in [4.69, 9.17) is 23.5 Å². The minimum absolute atomic E-state index is 0.0405. The number of anilines is 1. The SMILES string of the molecule is CON=C(C(=O)NC1C(=O)N2C(C(=O)O)=C(Cc3cc4ccc[nH+]c4s3)SCC12)c1csc(N)n1.O=S(=O)([O-])C(F)(F)F. The number of oxime groups is 1. The molecule has 230 valence electrons. The molecule has 0 spiro atoms. The van der Waals surface area contributed by atoms with Crippen LogP contribution in [-0.4, -0.2) is 81.9 Å². The van der Waals surface area contributed by atoms with Gasteiger partial charge in [0.2, 0.25) is 0 Å². The summed E-state index contributed by atoms with van der Waals surface area (Å²) < 4.78 is 58.9. The van der Waals surface area contributed by atoms with Crippen LogP contribution in [0, 0.1) is 0 Å². The van der Waals surface area contributed by atoms with Crippen LogP contribution in [0.2, 0.25) is 0 Å². The molecule has 21 heteroatoms. The number of carboxylic acid groups (broad SMARTS) is 1. The Morgan fingerprint density at radius 2 is 2.09 bits per heavy atom. The van der Waals surface area contributed by atoms with Gasteiger partial charge in [0.1, 0.15) is 24.5 Å². The maximum atomic E-state index is 13.0. The molecule has 43 heavy (non-hydrogen) atoms. The number of nitrogens with two attached hydrogens (primary N) is 1. The molecule has 0 aliphatic carbocycles. The minimum Gasteiger partial charge on any atom is -0.741 e. The van der Waals surface area contributed by atoms with Crippen LogP contribution in [0.4, 0.5) is 18.3 Å². The Bertz CT molecular complexity index is 1720. The summed E-state index contributed by atoms with van der Waals surface area (Å²) in [4.78, 5) is 53.9. The van der Waals surface area contributed by atoms with Gasteiger partial charge in [-0.3, -0.25) is 14.5 Å². The number of thioether (sulfide) groups is 1. The van der Waals surface area contributed by atoms with Gasteiger partial charge in [-0.05, 0) is 12.1 Å². The van der Waals surface area contributed by atoms with E-state index in [2.05, 4.69) is 20.4 Å². The predicted octanol–water partition coefficient (Wildman–Crippen LogP) is 1.14. The first-order valence-electron chi connectivity index (χ1n) is 11.6. The van der Waals surface area contributed by atoms with E-state index in [0.717, 1.165) is 26.4 Å². The van der Waals surface area contributed by atoms with E-state index in [1.165, 1.54) is 23.8 Å². The Morgan fingerprint density at radius 3 is 2.65 bits per heavy atom. The van der Waals surface area contributed by atoms with Gasteiger partial charge in [0.25, 0.3) is 16.6 Å². The largest absolute Gasteiger partial charge is 0.741 e. The third-order valence-corrected chi connectivity index (χ3v) is 9.34. The summed E-state index contributed by atoms with van der Waals surface area (Å²) in [5.41, 5.74) is 0.0682. The summed E-state index contributed by atoms with van der Waals surface area (Å²) in [7, 11) is -4.80. The van der Waals surface area contributed by atoms with Gasteiger partial charge in [0.15, 0.2) is 27.2 Å². The lowest BCUT2D eigenvalue weighted by Gasteiger charge is -2.49. The number of allylic oxidation sites excluding steroid dienone is 1. The Hall–Kier alpha value is -3.79. The zero-order valence-corrected chi connectivity index (χ0v) is 24.7. The van der Waals surface area contributed by atoms with Crippen LogP contribution in [0.5, 0.6) is 0 Å². The van der Waals surface area contributed by atoms with Crippen molar-refractivity contribution in [1.82, 2.24) is 15.2 Å². The number of nitrogen functional groups attached to an aromatic ring is 1. The lowest BCUT2D eigenvalue weighted by molar-refractivity contribution is -0.341. The van der Waals surface area contributed by atoms with Crippen LogP contribution in [0.15, 0.2) is 45.5 Å². The average molecular weight is 681 g/mol. The summed E-state index contributed by atoms with van der Waals surface area (Å²) in [6, 6.07) is 4.52. The van der Waals surface area contributed by atoms with Gasteiger partial charge < -0.3 is 25.5 Å². The first-order valence-corrected chi connectivity index (χ1v) is 15.7. The minimum atomic E-state index is -6.09. The first-order chi connectivity index (χ1) is 20.1. The molecule has 2 aliphatic heterocycles. The fourth-order valence-electron chi connectivity index (χ4n) is 4.01. The number of fused-ring (bicyclic) bond motifs is 2. The second kappa shape index (κ2) is 12.4. The quantitative estimate of drug-likeness (QED) is 0.106. The smallest absolute Gasteiger partial charge is 0.485 e. The number of carbonyl (C=O) groups excluding carboxylic acids is 2. The third-order valence-electron chi connectivity index (χ3n) is 5.82. The Balaban J connectivity index is 0.000000467. The molecule has 5 heterocycles. The second-order valence-corrected chi connectivity index (χ2v) is 13.1. The molecule has 5 rings (SSSR count). The van der Waals surface area contributed by atoms with Gasteiger partial charge in [-0.25, -0.2) is 23.2 Å². The van der Waals surface area contributed by atoms with Crippen LogP contribution >= 0.6 is 34.4 Å². The molecule has 3 aromatic heterocycles. The number of thiophene rings is 1. The molecule has 2 amide bonds. The molecule has 0 radical (unpaired) electrons.